The maximum atomic E-state index is 13.1. The van der Waals surface area contributed by atoms with Gasteiger partial charge in [0.05, 0.1) is 26.4 Å². The molecule has 0 radical (unpaired) electrons. The van der Waals surface area contributed by atoms with E-state index in [0.29, 0.717) is 25.7 Å². The monoisotopic (exact) mass is 1390 g/mol. The highest BCUT2D eigenvalue weighted by Gasteiger charge is 2.30. The molecule has 556 valence electrons. The molecular formula is C77H136O17P2. The van der Waals surface area contributed by atoms with Gasteiger partial charge in [-0.1, -0.05) is 267 Å². The molecule has 0 heterocycles. The number of hydrogen-bond acceptors (Lipinski definition) is 15. The molecule has 0 fully saturated rings. The Morgan fingerprint density at radius 3 is 0.854 bits per heavy atom. The van der Waals surface area contributed by atoms with E-state index in [4.69, 9.17) is 37.0 Å². The van der Waals surface area contributed by atoms with Gasteiger partial charge in [0, 0.05) is 25.7 Å². The first-order valence-electron chi connectivity index (χ1n) is 37.8. The zero-order chi connectivity index (χ0) is 70.4. The van der Waals surface area contributed by atoms with Crippen LogP contribution in [0.1, 0.15) is 323 Å². The van der Waals surface area contributed by atoms with E-state index in [0.717, 1.165) is 167 Å². The smallest absolute Gasteiger partial charge is 0.462 e. The van der Waals surface area contributed by atoms with E-state index in [9.17, 15) is 43.2 Å². The SMILES string of the molecule is CC/C=C\C/C=C\C/C=C\CCCCCCCC(=O)OCC(COP(=O)(O)OCC(O)COP(=O)(O)OCC(COC(=O)CCCCCCC/C=C\CCCCCC)OC(=O)CCCCCCCCCCCCCCC)OC(=O)CCCCCCC/C=C\C/C=C\C/C=C\CC. The van der Waals surface area contributed by atoms with E-state index in [1.54, 1.807) is 0 Å². The molecule has 96 heavy (non-hydrogen) atoms. The molecule has 0 amide bonds. The number of unbranched alkanes of at least 4 members (excludes halogenated alkanes) is 31. The average molecular weight is 1400 g/mol. The first-order chi connectivity index (χ1) is 46.7. The highest BCUT2D eigenvalue weighted by Crippen LogP contribution is 2.45. The van der Waals surface area contributed by atoms with E-state index in [2.05, 4.69) is 113 Å². The van der Waals surface area contributed by atoms with Crippen LogP contribution in [0.4, 0.5) is 0 Å². The third-order valence-corrected chi connectivity index (χ3v) is 17.8. The van der Waals surface area contributed by atoms with Crippen molar-refractivity contribution in [2.24, 2.45) is 0 Å². The minimum absolute atomic E-state index is 0.0723. The van der Waals surface area contributed by atoms with Crippen LogP contribution in [0.5, 0.6) is 0 Å². The molecule has 3 N–H and O–H groups in total. The van der Waals surface area contributed by atoms with Gasteiger partial charge in [-0.05, 0) is 116 Å². The topological polar surface area (TPSA) is 237 Å². The Morgan fingerprint density at radius 1 is 0.302 bits per heavy atom. The van der Waals surface area contributed by atoms with E-state index in [-0.39, 0.29) is 25.7 Å². The second-order valence-electron chi connectivity index (χ2n) is 25.2. The molecule has 0 aromatic rings. The summed E-state index contributed by atoms with van der Waals surface area (Å²) in [4.78, 5) is 72.8. The Kier molecular flexibility index (Phi) is 67.0. The molecule has 5 unspecified atom stereocenters. The maximum Gasteiger partial charge on any atom is 0.472 e. The molecule has 5 atom stereocenters. The van der Waals surface area contributed by atoms with E-state index < -0.39 is 97.5 Å². The highest BCUT2D eigenvalue weighted by molar-refractivity contribution is 7.47. The second-order valence-corrected chi connectivity index (χ2v) is 28.1. The first kappa shape index (κ1) is 92.2. The Hall–Kier alpha value is -3.76. The summed E-state index contributed by atoms with van der Waals surface area (Å²) in [5.74, 6) is -2.20. The fourth-order valence-corrected chi connectivity index (χ4v) is 11.7. The summed E-state index contributed by atoms with van der Waals surface area (Å²) in [7, 11) is -9.95. The lowest BCUT2D eigenvalue weighted by Gasteiger charge is -2.21. The largest absolute Gasteiger partial charge is 0.472 e. The van der Waals surface area contributed by atoms with E-state index in [1.807, 2.05) is 0 Å². The number of phosphoric ester groups is 2. The highest BCUT2D eigenvalue weighted by atomic mass is 31.2. The van der Waals surface area contributed by atoms with Gasteiger partial charge in [0.2, 0.25) is 0 Å². The molecular weight excluding hydrogens is 1260 g/mol. The second kappa shape index (κ2) is 69.7. The van der Waals surface area contributed by atoms with Crippen molar-refractivity contribution in [3.63, 3.8) is 0 Å². The summed E-state index contributed by atoms with van der Waals surface area (Å²) in [6, 6.07) is 0. The zero-order valence-corrected chi connectivity index (χ0v) is 62.3. The molecule has 19 heteroatoms. The Balaban J connectivity index is 5.36. The van der Waals surface area contributed by atoms with Gasteiger partial charge >= 0.3 is 39.5 Å². The summed E-state index contributed by atoms with van der Waals surface area (Å²) in [6.07, 6.45) is 70.0. The average Bonchev–Trinajstić information content (AvgIpc) is 1.36. The van der Waals surface area contributed by atoms with Crippen molar-refractivity contribution in [2.45, 2.75) is 341 Å². The third-order valence-electron chi connectivity index (χ3n) is 15.9. The summed E-state index contributed by atoms with van der Waals surface area (Å²) in [6.45, 7) is 4.62. The fraction of sp³-hybridized carbons (Fsp3) is 0.766. The number of allylic oxidation sites excluding steroid dienone is 14. The fourth-order valence-electron chi connectivity index (χ4n) is 10.1. The predicted octanol–water partition coefficient (Wildman–Crippen LogP) is 21.4. The van der Waals surface area contributed by atoms with Gasteiger partial charge in [0.15, 0.2) is 12.2 Å². The molecule has 0 aliphatic carbocycles. The van der Waals surface area contributed by atoms with Gasteiger partial charge < -0.3 is 33.8 Å². The van der Waals surface area contributed by atoms with Crippen LogP contribution >= 0.6 is 15.6 Å². The van der Waals surface area contributed by atoms with Gasteiger partial charge in [-0.3, -0.25) is 37.3 Å². The Labute approximate surface area is 583 Å². The van der Waals surface area contributed by atoms with Crippen LogP contribution in [-0.4, -0.2) is 96.7 Å². The molecule has 0 saturated heterocycles. The number of ether oxygens (including phenoxy) is 4. The third kappa shape index (κ3) is 68.8. The Bertz CT molecular complexity index is 2160. The number of carbonyl (C=O) groups is 4. The first-order valence-corrected chi connectivity index (χ1v) is 40.8. The minimum atomic E-state index is -4.98. The lowest BCUT2D eigenvalue weighted by atomic mass is 10.0. The van der Waals surface area contributed by atoms with Crippen molar-refractivity contribution < 1.29 is 80.2 Å². The van der Waals surface area contributed by atoms with Gasteiger partial charge in [0.25, 0.3) is 0 Å². The van der Waals surface area contributed by atoms with Gasteiger partial charge in [-0.25, -0.2) is 9.13 Å². The lowest BCUT2D eigenvalue weighted by Crippen LogP contribution is -2.30. The molecule has 0 rings (SSSR count). The van der Waals surface area contributed by atoms with Crippen molar-refractivity contribution in [1.82, 2.24) is 0 Å². The molecule has 17 nitrogen and oxygen atoms in total. The van der Waals surface area contributed by atoms with Crippen molar-refractivity contribution >= 4 is 39.5 Å². The summed E-state index contributed by atoms with van der Waals surface area (Å²) in [5, 5.41) is 10.6. The molecule has 0 aromatic carbocycles. The minimum Gasteiger partial charge on any atom is -0.462 e. The normalized spacial score (nSPS) is 14.4. The van der Waals surface area contributed by atoms with Crippen LogP contribution in [0.25, 0.3) is 0 Å². The molecule has 0 aromatic heterocycles. The Morgan fingerprint density at radius 2 is 0.542 bits per heavy atom. The number of carbonyl (C=O) groups excluding carboxylic acids is 4. The van der Waals surface area contributed by atoms with Crippen molar-refractivity contribution in [1.29, 1.82) is 0 Å². The number of esters is 4. The van der Waals surface area contributed by atoms with Crippen molar-refractivity contribution in [3.8, 4) is 0 Å². The van der Waals surface area contributed by atoms with E-state index >= 15 is 0 Å². The van der Waals surface area contributed by atoms with Crippen LogP contribution in [0.2, 0.25) is 0 Å². The van der Waals surface area contributed by atoms with Crippen molar-refractivity contribution in [3.05, 3.63) is 85.1 Å². The van der Waals surface area contributed by atoms with Gasteiger partial charge in [0.1, 0.15) is 19.3 Å². The molecule has 0 aliphatic heterocycles. The molecule has 0 bridgehead atoms. The molecule has 0 aliphatic rings. The number of rotatable bonds is 71. The quantitative estimate of drug-likeness (QED) is 0.0169. The number of phosphoric acid groups is 2. The number of aliphatic hydroxyl groups is 1. The van der Waals surface area contributed by atoms with Crippen LogP contribution in [0, 0.1) is 0 Å². The maximum absolute atomic E-state index is 13.1. The summed E-state index contributed by atoms with van der Waals surface area (Å²) in [5.41, 5.74) is 0. The number of hydrogen-bond donors (Lipinski definition) is 3. The number of aliphatic hydroxyl groups excluding tert-OH is 1. The predicted molar refractivity (Wildman–Crippen MR) is 390 cm³/mol. The van der Waals surface area contributed by atoms with Crippen LogP contribution in [0.15, 0.2) is 85.1 Å². The van der Waals surface area contributed by atoms with E-state index in [1.165, 1.54) is 77.0 Å². The van der Waals surface area contributed by atoms with Crippen molar-refractivity contribution in [2.75, 3.05) is 39.6 Å². The zero-order valence-electron chi connectivity index (χ0n) is 60.5. The lowest BCUT2D eigenvalue weighted by molar-refractivity contribution is -0.161. The van der Waals surface area contributed by atoms with Crippen LogP contribution in [-0.2, 0) is 65.4 Å². The summed E-state index contributed by atoms with van der Waals surface area (Å²) >= 11 is 0. The standard InChI is InChI=1S/C77H136O17P2/c1-5-9-13-17-21-25-29-33-35-39-42-46-50-54-58-62-75(80)88-68-73(94-77(82)64-60-56-52-48-44-40-36-34-30-26-22-18-14-10-6-2)70-92-96(85,86)90-66-71(78)65-89-95(83,84)91-69-72(93-76(81)63-59-55-51-47-43-38-32-28-24-20-16-12-8-4)67-87-74(79)61-57-53-49-45-41-37-31-27-23-19-15-11-7-3/h9-10,13-14,21-22,25-27,31,33-36,71-73,78H,5-8,11-12,15-20,23-24,28-30,32,37-70H2,1-4H3,(H,83,84)(H,85,86)/b13-9-,14-10-,25-21-,26-22-,31-27-,35-33-,36-34-. The molecule has 0 saturated carbocycles. The van der Waals surface area contributed by atoms with Gasteiger partial charge in [-0.15, -0.1) is 0 Å². The molecule has 0 spiro atoms. The van der Waals surface area contributed by atoms with Crippen LogP contribution in [0.3, 0.4) is 0 Å². The van der Waals surface area contributed by atoms with Crippen LogP contribution < -0.4 is 0 Å². The van der Waals surface area contributed by atoms with Gasteiger partial charge in [-0.2, -0.15) is 0 Å². The summed E-state index contributed by atoms with van der Waals surface area (Å²) < 4.78 is 68.4.